The van der Waals surface area contributed by atoms with Gasteiger partial charge in [0.15, 0.2) is 5.78 Å². The fraction of sp³-hybridized carbons (Fsp3) is 0.618. The molecule has 2 aliphatic heterocycles. The first-order valence-corrected chi connectivity index (χ1v) is 15.2. The average Bonchev–Trinajstić information content (AvgIpc) is 3.57. The molecule has 9 nitrogen and oxygen atoms in total. The molecule has 4 fully saturated rings. The van der Waals surface area contributed by atoms with Gasteiger partial charge in [-0.25, -0.2) is 4.79 Å². The molecule has 0 aromatic heterocycles. The van der Waals surface area contributed by atoms with Crippen LogP contribution >= 0.6 is 0 Å². The third-order valence-corrected chi connectivity index (χ3v) is 12.4. The van der Waals surface area contributed by atoms with Gasteiger partial charge in [0.05, 0.1) is 11.3 Å². The van der Waals surface area contributed by atoms with Gasteiger partial charge >= 0.3 is 23.9 Å². The number of esters is 4. The maximum absolute atomic E-state index is 14.7. The highest BCUT2D eigenvalue weighted by Gasteiger charge is 2.85. The van der Waals surface area contributed by atoms with E-state index in [1.807, 2.05) is 33.8 Å². The summed E-state index contributed by atoms with van der Waals surface area (Å²) in [4.78, 5) is 66.1. The molecule has 9 heteroatoms. The van der Waals surface area contributed by atoms with E-state index >= 15 is 0 Å². The summed E-state index contributed by atoms with van der Waals surface area (Å²) < 4.78 is 24.8. The molecule has 0 aromatic rings. The third-order valence-electron chi connectivity index (χ3n) is 12.4. The Kier molecular flexibility index (Phi) is 5.64. The lowest BCUT2D eigenvalue weighted by molar-refractivity contribution is -0.176. The second-order valence-electron chi connectivity index (χ2n) is 14.3. The summed E-state index contributed by atoms with van der Waals surface area (Å²) in [6.07, 6.45) is 5.17. The Balaban J connectivity index is 1.46. The number of hydrogen-bond acceptors (Lipinski definition) is 9. The summed E-state index contributed by atoms with van der Waals surface area (Å²) >= 11 is 0. The number of rotatable bonds is 2. The standard InChI is InChI=1S/C34H38O9/c1-15-12-21(37)23-16(2)13-22(40-18(4)35)25-27(24(15)23)42-30(39)34(25)14-33-11-10-31(34,6)28(33)26-20(17(3)29(38)41-26)8-9-32(33,7)43-19(5)36/h10-12,20,22,24-28H,3,8-9,13-14H2,1-2,4-7H3/t20-,22-,24-,25+,26-,27+,28-,31+,32-,33?,34-/m0/s1. The van der Waals surface area contributed by atoms with Gasteiger partial charge in [0.1, 0.15) is 23.9 Å². The van der Waals surface area contributed by atoms with Crippen LogP contribution < -0.4 is 0 Å². The summed E-state index contributed by atoms with van der Waals surface area (Å²) in [5.74, 6) is -3.70. The molecule has 228 valence electrons. The van der Waals surface area contributed by atoms with E-state index in [0.29, 0.717) is 24.0 Å². The normalized spacial score (nSPS) is 47.3. The number of hydrogen-bond donors (Lipinski definition) is 0. The molecule has 2 saturated carbocycles. The Bertz CT molecular complexity index is 1530. The Morgan fingerprint density at radius 1 is 1.02 bits per heavy atom. The molecule has 1 unspecified atom stereocenters. The zero-order valence-corrected chi connectivity index (χ0v) is 25.5. The van der Waals surface area contributed by atoms with Crippen LogP contribution in [0.1, 0.15) is 67.2 Å². The van der Waals surface area contributed by atoms with Gasteiger partial charge in [0.2, 0.25) is 0 Å². The summed E-state index contributed by atoms with van der Waals surface area (Å²) in [6, 6.07) is 0. The number of carbonyl (C=O) groups excluding carboxylic acids is 5. The van der Waals surface area contributed by atoms with E-state index in [-0.39, 0.29) is 24.5 Å². The van der Waals surface area contributed by atoms with E-state index in [4.69, 9.17) is 18.9 Å². The summed E-state index contributed by atoms with van der Waals surface area (Å²) in [7, 11) is 0. The van der Waals surface area contributed by atoms with E-state index in [2.05, 4.69) is 12.7 Å². The van der Waals surface area contributed by atoms with E-state index in [1.165, 1.54) is 13.8 Å². The summed E-state index contributed by atoms with van der Waals surface area (Å²) in [5.41, 5.74) is -1.45. The summed E-state index contributed by atoms with van der Waals surface area (Å²) in [5, 5.41) is 0. The highest BCUT2D eigenvalue weighted by atomic mass is 16.6. The molecule has 2 bridgehead atoms. The monoisotopic (exact) mass is 590 g/mol. The number of ether oxygens (including phenoxy) is 4. The third kappa shape index (κ3) is 3.21. The molecule has 5 aliphatic carbocycles. The van der Waals surface area contributed by atoms with E-state index in [1.54, 1.807) is 6.08 Å². The maximum atomic E-state index is 14.7. The first kappa shape index (κ1) is 28.3. The van der Waals surface area contributed by atoms with Gasteiger partial charge in [-0.2, -0.15) is 0 Å². The Morgan fingerprint density at radius 2 is 1.74 bits per heavy atom. The average molecular weight is 591 g/mol. The molecular formula is C34H38O9. The largest absolute Gasteiger partial charge is 0.462 e. The summed E-state index contributed by atoms with van der Waals surface area (Å²) in [6.45, 7) is 14.5. The number of ketones is 1. The van der Waals surface area contributed by atoms with Crippen molar-refractivity contribution < 1.29 is 42.9 Å². The van der Waals surface area contributed by atoms with Crippen LogP contribution in [0, 0.1) is 39.9 Å². The molecule has 7 aliphatic rings. The molecule has 11 atom stereocenters. The van der Waals surface area contributed by atoms with Crippen LogP contribution in [0.3, 0.4) is 0 Å². The lowest BCUT2D eigenvalue weighted by Gasteiger charge is -2.47. The van der Waals surface area contributed by atoms with Gasteiger partial charge in [0.25, 0.3) is 0 Å². The number of allylic oxidation sites excluding steroid dienone is 2. The molecule has 0 aromatic carbocycles. The van der Waals surface area contributed by atoms with Crippen molar-refractivity contribution in [3.8, 4) is 0 Å². The van der Waals surface area contributed by atoms with Crippen LogP contribution in [0.15, 0.2) is 47.1 Å². The molecule has 2 saturated heterocycles. The van der Waals surface area contributed by atoms with Gasteiger partial charge in [-0.05, 0) is 46.1 Å². The van der Waals surface area contributed by atoms with E-state index in [0.717, 1.165) is 11.1 Å². The SMILES string of the molecule is C=C1C(=O)O[C@@H]2[C@@H]3C4(C=C[C@@]3(C)[C@]3(C4)C(=O)O[C@@H]4[C@H]5C(C)=CC(=O)C5=C(C)C[C@H](OC(C)=O)[C@H]43)[C@@](C)(OC(C)=O)CC[C@@H]12. The number of carbonyl (C=O) groups is 5. The van der Waals surface area contributed by atoms with E-state index in [9.17, 15) is 24.0 Å². The Morgan fingerprint density at radius 3 is 2.42 bits per heavy atom. The van der Waals surface area contributed by atoms with Crippen LogP contribution in [-0.2, 0) is 42.9 Å². The minimum Gasteiger partial charge on any atom is -0.462 e. The first-order valence-electron chi connectivity index (χ1n) is 15.2. The highest BCUT2D eigenvalue weighted by Crippen LogP contribution is 2.80. The lowest BCUT2D eigenvalue weighted by Crippen LogP contribution is -2.53. The second kappa shape index (κ2) is 8.57. The molecule has 1 spiro atoms. The minimum atomic E-state index is -1.22. The van der Waals surface area contributed by atoms with Crippen molar-refractivity contribution in [1.29, 1.82) is 0 Å². The van der Waals surface area contributed by atoms with Crippen molar-refractivity contribution in [3.63, 3.8) is 0 Å². The fourth-order valence-electron chi connectivity index (χ4n) is 10.8. The Labute approximate surface area is 250 Å². The predicted molar refractivity (Wildman–Crippen MR) is 151 cm³/mol. The highest BCUT2D eigenvalue weighted by molar-refractivity contribution is 6.09. The van der Waals surface area contributed by atoms with Crippen molar-refractivity contribution in [2.45, 2.75) is 91.1 Å². The van der Waals surface area contributed by atoms with Crippen molar-refractivity contribution in [2.75, 3.05) is 0 Å². The molecule has 0 amide bonds. The first-order chi connectivity index (χ1) is 20.1. The van der Waals surface area contributed by atoms with Gasteiger partial charge < -0.3 is 18.9 Å². The van der Waals surface area contributed by atoms with Crippen molar-refractivity contribution in [2.24, 2.45) is 39.9 Å². The van der Waals surface area contributed by atoms with Gasteiger partial charge in [-0.1, -0.05) is 36.8 Å². The van der Waals surface area contributed by atoms with Gasteiger partial charge in [0, 0.05) is 60.0 Å². The topological polar surface area (TPSA) is 122 Å². The van der Waals surface area contributed by atoms with Gasteiger partial charge in [-0.3, -0.25) is 19.2 Å². The predicted octanol–water partition coefficient (Wildman–Crippen LogP) is 4.11. The van der Waals surface area contributed by atoms with Crippen molar-refractivity contribution in [3.05, 3.63) is 47.1 Å². The Hall–Kier alpha value is -3.49. The molecule has 0 N–H and O–H groups in total. The maximum Gasteiger partial charge on any atom is 0.334 e. The molecule has 0 radical (unpaired) electrons. The van der Waals surface area contributed by atoms with Gasteiger partial charge in [-0.15, -0.1) is 0 Å². The quantitative estimate of drug-likeness (QED) is 0.202. The van der Waals surface area contributed by atoms with Crippen molar-refractivity contribution >= 4 is 29.7 Å². The zero-order valence-electron chi connectivity index (χ0n) is 25.5. The molecular weight excluding hydrogens is 552 g/mol. The second-order valence-corrected chi connectivity index (χ2v) is 14.3. The van der Waals surface area contributed by atoms with Crippen molar-refractivity contribution in [1.82, 2.24) is 0 Å². The molecule has 2 heterocycles. The zero-order chi connectivity index (χ0) is 31.0. The smallest absolute Gasteiger partial charge is 0.334 e. The lowest BCUT2D eigenvalue weighted by atomic mass is 9.54. The van der Waals surface area contributed by atoms with Crippen LogP contribution in [0.2, 0.25) is 0 Å². The molecule has 7 rings (SSSR count). The van der Waals surface area contributed by atoms with Crippen LogP contribution in [-0.4, -0.2) is 53.6 Å². The fourth-order valence-corrected chi connectivity index (χ4v) is 10.8. The van der Waals surface area contributed by atoms with E-state index < -0.39 is 81.8 Å². The van der Waals surface area contributed by atoms with Crippen LogP contribution in [0.25, 0.3) is 0 Å². The molecule has 43 heavy (non-hydrogen) atoms. The van der Waals surface area contributed by atoms with Crippen LogP contribution in [0.5, 0.6) is 0 Å². The number of fused-ring (bicyclic) bond motifs is 6. The minimum absolute atomic E-state index is 0.108. The van der Waals surface area contributed by atoms with Crippen LogP contribution in [0.4, 0.5) is 0 Å².